The van der Waals surface area contributed by atoms with E-state index in [-0.39, 0.29) is 5.57 Å². The van der Waals surface area contributed by atoms with Gasteiger partial charge in [0, 0.05) is 5.57 Å². The summed E-state index contributed by atoms with van der Waals surface area (Å²) in [6, 6.07) is 13.6. The van der Waals surface area contributed by atoms with E-state index >= 15 is 0 Å². The Morgan fingerprint density at radius 3 is 1.95 bits per heavy atom. The van der Waals surface area contributed by atoms with Crippen LogP contribution in [0.3, 0.4) is 0 Å². The van der Waals surface area contributed by atoms with E-state index in [0.29, 0.717) is 5.57 Å². The van der Waals surface area contributed by atoms with Crippen LogP contribution in [0.25, 0.3) is 5.57 Å². The molecule has 2 rings (SSSR count). The lowest BCUT2D eigenvalue weighted by Crippen LogP contribution is -1.92. The zero-order valence-corrected chi connectivity index (χ0v) is 12.7. The smallest absolute Gasteiger partial charge is 0.137 e. The van der Waals surface area contributed by atoms with Crippen molar-refractivity contribution >= 4 is 5.57 Å². The van der Waals surface area contributed by atoms with Crippen LogP contribution in [-0.2, 0) is 0 Å². The lowest BCUT2D eigenvalue weighted by Gasteiger charge is -2.10. The van der Waals surface area contributed by atoms with Gasteiger partial charge in [-0.15, -0.1) is 0 Å². The molecule has 0 heterocycles. The maximum atomic E-state index is 9.27. The minimum absolute atomic E-state index is 0.122. The summed E-state index contributed by atoms with van der Waals surface area (Å²) in [5, 5.41) is 18.5. The van der Waals surface area contributed by atoms with Gasteiger partial charge in [0.05, 0.1) is 0 Å². The molecule has 0 amide bonds. The van der Waals surface area contributed by atoms with Gasteiger partial charge in [0.2, 0.25) is 0 Å². The summed E-state index contributed by atoms with van der Waals surface area (Å²) in [6.07, 6.45) is 9.96. The first-order valence-electron chi connectivity index (χ1n) is 7.01. The lowest BCUT2D eigenvalue weighted by molar-refractivity contribution is 1.33. The van der Waals surface area contributed by atoms with Gasteiger partial charge in [-0.1, -0.05) is 54.6 Å². The molecule has 1 aromatic carbocycles. The first-order valence-corrected chi connectivity index (χ1v) is 7.01. The van der Waals surface area contributed by atoms with Gasteiger partial charge in [0.1, 0.15) is 17.7 Å². The molecule has 0 saturated carbocycles. The number of allylic oxidation sites excluding steroid dienone is 10. The Labute approximate surface area is 131 Å². The van der Waals surface area contributed by atoms with Gasteiger partial charge in [0.15, 0.2) is 0 Å². The summed E-state index contributed by atoms with van der Waals surface area (Å²) < 4.78 is 0. The fourth-order valence-electron chi connectivity index (χ4n) is 2.33. The zero-order chi connectivity index (χ0) is 15.9. The summed E-state index contributed by atoms with van der Waals surface area (Å²) in [4.78, 5) is 0. The second-order valence-corrected chi connectivity index (χ2v) is 5.02. The number of hydrogen-bond donors (Lipinski definition) is 0. The van der Waals surface area contributed by atoms with E-state index in [0.717, 1.165) is 22.3 Å². The summed E-state index contributed by atoms with van der Waals surface area (Å²) >= 11 is 0. The lowest BCUT2D eigenvalue weighted by atomic mass is 9.93. The van der Waals surface area contributed by atoms with Crippen molar-refractivity contribution in [2.75, 3.05) is 0 Å². The number of benzene rings is 1. The third-order valence-electron chi connectivity index (χ3n) is 3.52. The SMILES string of the molecule is CC1=CC=CC=C(C)C1=CC(=C(C#N)C#N)c1ccccc1. The number of nitrogens with zero attached hydrogens (tertiary/aromatic N) is 2. The molecule has 0 atom stereocenters. The Balaban J connectivity index is 2.68. The van der Waals surface area contributed by atoms with E-state index < -0.39 is 0 Å². The molecular weight excluding hydrogens is 268 g/mol. The highest BCUT2D eigenvalue weighted by Gasteiger charge is 2.11. The van der Waals surface area contributed by atoms with Gasteiger partial charge in [-0.25, -0.2) is 0 Å². The molecule has 22 heavy (non-hydrogen) atoms. The molecule has 0 bridgehead atoms. The fourth-order valence-corrected chi connectivity index (χ4v) is 2.33. The van der Waals surface area contributed by atoms with Gasteiger partial charge in [-0.2, -0.15) is 10.5 Å². The molecule has 0 N–H and O–H groups in total. The molecule has 2 nitrogen and oxygen atoms in total. The van der Waals surface area contributed by atoms with Crippen molar-refractivity contribution in [3.8, 4) is 12.1 Å². The Morgan fingerprint density at radius 2 is 1.45 bits per heavy atom. The molecule has 0 unspecified atom stereocenters. The van der Waals surface area contributed by atoms with Gasteiger partial charge < -0.3 is 0 Å². The van der Waals surface area contributed by atoms with Crippen LogP contribution in [0.4, 0.5) is 0 Å². The highest BCUT2D eigenvalue weighted by molar-refractivity contribution is 5.84. The summed E-state index contributed by atoms with van der Waals surface area (Å²) in [6.45, 7) is 4.06. The van der Waals surface area contributed by atoms with E-state index in [2.05, 4.69) is 0 Å². The summed E-state index contributed by atoms with van der Waals surface area (Å²) in [7, 11) is 0. The molecule has 0 fully saturated rings. The highest BCUT2D eigenvalue weighted by Crippen LogP contribution is 2.28. The maximum Gasteiger partial charge on any atom is 0.137 e. The largest absolute Gasteiger partial charge is 0.192 e. The Morgan fingerprint density at radius 1 is 0.909 bits per heavy atom. The topological polar surface area (TPSA) is 47.6 Å². The van der Waals surface area contributed by atoms with Crippen molar-refractivity contribution < 1.29 is 0 Å². The van der Waals surface area contributed by atoms with Crippen molar-refractivity contribution in [1.29, 1.82) is 10.5 Å². The van der Waals surface area contributed by atoms with Crippen LogP contribution in [0.1, 0.15) is 19.4 Å². The molecule has 0 saturated heterocycles. The Bertz CT molecular complexity index is 762. The predicted molar refractivity (Wildman–Crippen MR) is 89.3 cm³/mol. The number of rotatable bonds is 2. The molecule has 0 aromatic heterocycles. The zero-order valence-electron chi connectivity index (χ0n) is 12.7. The van der Waals surface area contributed by atoms with Crippen molar-refractivity contribution in [3.05, 3.63) is 88.6 Å². The average molecular weight is 284 g/mol. The fraction of sp³-hybridized carbons (Fsp3) is 0.100. The van der Waals surface area contributed by atoms with Crippen molar-refractivity contribution in [3.63, 3.8) is 0 Å². The molecule has 2 heteroatoms. The van der Waals surface area contributed by atoms with Gasteiger partial charge in [-0.3, -0.25) is 0 Å². The first-order chi connectivity index (χ1) is 10.7. The van der Waals surface area contributed by atoms with Crippen molar-refractivity contribution in [2.24, 2.45) is 0 Å². The van der Waals surface area contributed by atoms with Crippen molar-refractivity contribution in [1.82, 2.24) is 0 Å². The van der Waals surface area contributed by atoms with Gasteiger partial charge in [-0.05, 0) is 42.2 Å². The van der Waals surface area contributed by atoms with E-state index in [1.807, 2.05) is 86.7 Å². The minimum Gasteiger partial charge on any atom is -0.192 e. The second kappa shape index (κ2) is 7.07. The van der Waals surface area contributed by atoms with E-state index in [1.54, 1.807) is 0 Å². The van der Waals surface area contributed by atoms with Crippen LogP contribution in [0.5, 0.6) is 0 Å². The summed E-state index contributed by atoms with van der Waals surface area (Å²) in [5.41, 5.74) is 4.88. The monoisotopic (exact) mass is 284 g/mol. The van der Waals surface area contributed by atoms with E-state index in [9.17, 15) is 10.5 Å². The maximum absolute atomic E-state index is 9.27. The number of hydrogen-bond acceptors (Lipinski definition) is 2. The molecule has 1 aliphatic rings. The van der Waals surface area contributed by atoms with Crippen LogP contribution in [0.2, 0.25) is 0 Å². The molecule has 106 valence electrons. The number of nitriles is 2. The standard InChI is InChI=1S/C20H16N2/c1-15-8-6-7-9-16(2)19(15)12-20(18(13-21)14-22)17-10-4-3-5-11-17/h3-12H,1-2H3. The molecule has 0 spiro atoms. The van der Waals surface area contributed by atoms with E-state index in [1.165, 1.54) is 0 Å². The highest BCUT2D eigenvalue weighted by atomic mass is 14.3. The van der Waals surface area contributed by atoms with Gasteiger partial charge in [0.25, 0.3) is 0 Å². The third kappa shape index (κ3) is 3.32. The molecular formula is C20H16N2. The molecule has 0 radical (unpaired) electrons. The van der Waals surface area contributed by atoms with Crippen LogP contribution in [0.15, 0.2) is 83.0 Å². The minimum atomic E-state index is 0.122. The molecule has 0 aliphatic heterocycles. The van der Waals surface area contributed by atoms with Crippen molar-refractivity contribution in [2.45, 2.75) is 13.8 Å². The Hall–Kier alpha value is -3.10. The van der Waals surface area contributed by atoms with Crippen LogP contribution < -0.4 is 0 Å². The van der Waals surface area contributed by atoms with E-state index in [4.69, 9.17) is 0 Å². The Kier molecular flexibility index (Phi) is 4.91. The molecule has 1 aromatic rings. The normalized spacial score (nSPS) is 13.2. The summed E-state index contributed by atoms with van der Waals surface area (Å²) in [5.74, 6) is 0. The first kappa shape index (κ1) is 15.3. The second-order valence-electron chi connectivity index (χ2n) is 5.02. The van der Waals surface area contributed by atoms with Crippen LogP contribution in [0, 0.1) is 22.7 Å². The van der Waals surface area contributed by atoms with Gasteiger partial charge >= 0.3 is 0 Å². The quantitative estimate of drug-likeness (QED) is 0.727. The predicted octanol–water partition coefficient (Wildman–Crippen LogP) is 4.88. The van der Waals surface area contributed by atoms with Crippen LogP contribution >= 0.6 is 0 Å². The molecule has 1 aliphatic carbocycles. The third-order valence-corrected chi connectivity index (χ3v) is 3.52. The average Bonchev–Trinajstić information content (AvgIpc) is 2.70. The van der Waals surface area contributed by atoms with Crippen LogP contribution in [-0.4, -0.2) is 0 Å².